The molecule has 0 aliphatic carbocycles. The van der Waals surface area contributed by atoms with Gasteiger partial charge in [0.1, 0.15) is 11.6 Å². The van der Waals surface area contributed by atoms with Crippen molar-refractivity contribution in [2.45, 2.75) is 31.9 Å². The van der Waals surface area contributed by atoms with E-state index in [1.807, 2.05) is 4.90 Å². The first-order chi connectivity index (χ1) is 13.8. The summed E-state index contributed by atoms with van der Waals surface area (Å²) in [5, 5.41) is 10.5. The van der Waals surface area contributed by atoms with Crippen molar-refractivity contribution in [3.05, 3.63) is 29.0 Å². The van der Waals surface area contributed by atoms with Crippen LogP contribution in [0.5, 0.6) is 5.75 Å². The van der Waals surface area contributed by atoms with E-state index in [-0.39, 0.29) is 29.5 Å². The normalized spacial score (nSPS) is 23.6. The summed E-state index contributed by atoms with van der Waals surface area (Å²) in [5.41, 5.74) is 0. The van der Waals surface area contributed by atoms with Crippen LogP contribution in [0.25, 0.3) is 0 Å². The molecule has 2 aliphatic heterocycles. The van der Waals surface area contributed by atoms with Crippen LogP contribution in [-0.2, 0) is 9.59 Å². The number of halogens is 2. The highest BCUT2D eigenvalue weighted by atomic mass is 35.5. The zero-order valence-electron chi connectivity index (χ0n) is 16.5. The number of aliphatic hydroxyl groups is 1. The second kappa shape index (κ2) is 9.73. The van der Waals surface area contributed by atoms with Gasteiger partial charge in [-0.15, -0.1) is 0 Å². The summed E-state index contributed by atoms with van der Waals surface area (Å²) in [6.45, 7) is 5.16. The van der Waals surface area contributed by atoms with Crippen molar-refractivity contribution >= 4 is 23.4 Å². The van der Waals surface area contributed by atoms with Gasteiger partial charge in [0.25, 0.3) is 5.91 Å². The number of hydrogen-bond acceptors (Lipinski definition) is 5. The third-order valence-corrected chi connectivity index (χ3v) is 5.96. The molecule has 1 aromatic carbocycles. The fraction of sp³-hybridized carbons (Fsp3) is 0.600. The lowest BCUT2D eigenvalue weighted by Crippen LogP contribution is -2.54. The molecule has 1 N–H and O–H groups in total. The van der Waals surface area contributed by atoms with Crippen molar-refractivity contribution in [2.24, 2.45) is 0 Å². The molecule has 2 heterocycles. The lowest BCUT2D eigenvalue weighted by atomic mass is 10.0. The molecule has 0 radical (unpaired) electrons. The predicted octanol–water partition coefficient (Wildman–Crippen LogP) is 1.37. The number of benzene rings is 1. The molecule has 7 nitrogen and oxygen atoms in total. The quantitative estimate of drug-likeness (QED) is 0.785. The third kappa shape index (κ3) is 5.58. The number of likely N-dealkylation sites (tertiary alicyclic amines) is 1. The standard InChI is InChI=1S/C20H27ClFN3O4/c1-14(26)23-8-10-24(11-9-23)18-4-6-25(7-5-19(18)27)20(28)13-29-15-2-3-17(22)16(21)12-15/h2-3,12,18-19,27H,4-11,13H2,1H3/t18-,19-/m0/s1. The van der Waals surface area contributed by atoms with Crippen LogP contribution in [0.3, 0.4) is 0 Å². The first-order valence-corrected chi connectivity index (χ1v) is 10.3. The summed E-state index contributed by atoms with van der Waals surface area (Å²) in [4.78, 5) is 29.8. The molecular weight excluding hydrogens is 401 g/mol. The van der Waals surface area contributed by atoms with Crippen LogP contribution in [0.4, 0.5) is 4.39 Å². The summed E-state index contributed by atoms with van der Waals surface area (Å²) in [5.74, 6) is -0.312. The zero-order chi connectivity index (χ0) is 21.0. The highest BCUT2D eigenvalue weighted by Gasteiger charge is 2.33. The van der Waals surface area contributed by atoms with Gasteiger partial charge < -0.3 is 19.6 Å². The Morgan fingerprint density at radius 2 is 1.83 bits per heavy atom. The number of rotatable bonds is 4. The minimum Gasteiger partial charge on any atom is -0.484 e. The molecule has 3 rings (SSSR count). The summed E-state index contributed by atoms with van der Waals surface area (Å²) in [6, 6.07) is 3.93. The van der Waals surface area contributed by atoms with Gasteiger partial charge in [-0.05, 0) is 25.0 Å². The van der Waals surface area contributed by atoms with Gasteiger partial charge in [0.15, 0.2) is 6.61 Å². The lowest BCUT2D eigenvalue weighted by molar-refractivity contribution is -0.133. The molecule has 2 atom stereocenters. The minimum atomic E-state index is -0.540. The fourth-order valence-corrected chi connectivity index (χ4v) is 4.09. The van der Waals surface area contributed by atoms with Crippen molar-refractivity contribution in [1.29, 1.82) is 0 Å². The average molecular weight is 428 g/mol. The Morgan fingerprint density at radius 1 is 1.14 bits per heavy atom. The maximum Gasteiger partial charge on any atom is 0.260 e. The van der Waals surface area contributed by atoms with E-state index in [9.17, 15) is 19.1 Å². The van der Waals surface area contributed by atoms with E-state index in [1.54, 1.807) is 11.8 Å². The number of carbonyl (C=O) groups excluding carboxylic acids is 2. The van der Waals surface area contributed by atoms with Crippen LogP contribution in [0, 0.1) is 5.82 Å². The second-order valence-corrected chi connectivity index (χ2v) is 7.91. The number of ether oxygens (including phenoxy) is 1. The van der Waals surface area contributed by atoms with Crippen molar-refractivity contribution in [3.63, 3.8) is 0 Å². The summed E-state index contributed by atoms with van der Waals surface area (Å²) >= 11 is 5.73. The topological polar surface area (TPSA) is 73.3 Å². The summed E-state index contributed by atoms with van der Waals surface area (Å²) in [6.07, 6.45) is 0.634. The molecule has 9 heteroatoms. The molecule has 2 aliphatic rings. The van der Waals surface area contributed by atoms with Crippen LogP contribution in [-0.4, -0.2) is 89.6 Å². The van der Waals surface area contributed by atoms with Gasteiger partial charge in [-0.1, -0.05) is 11.6 Å². The summed E-state index contributed by atoms with van der Waals surface area (Å²) < 4.78 is 18.7. The molecule has 160 valence electrons. The maximum absolute atomic E-state index is 13.2. The van der Waals surface area contributed by atoms with Crippen LogP contribution < -0.4 is 4.74 Å². The lowest BCUT2D eigenvalue weighted by Gasteiger charge is -2.40. The molecule has 0 unspecified atom stereocenters. The van der Waals surface area contributed by atoms with Gasteiger partial charge in [-0.3, -0.25) is 14.5 Å². The Bertz CT molecular complexity index is 742. The van der Waals surface area contributed by atoms with E-state index in [0.717, 1.165) is 13.1 Å². The zero-order valence-corrected chi connectivity index (χ0v) is 17.3. The molecule has 29 heavy (non-hydrogen) atoms. The fourth-order valence-electron chi connectivity index (χ4n) is 3.92. The van der Waals surface area contributed by atoms with Gasteiger partial charge in [0.05, 0.1) is 11.1 Å². The number of nitrogens with zero attached hydrogens (tertiary/aromatic N) is 3. The van der Waals surface area contributed by atoms with Crippen LogP contribution in [0.1, 0.15) is 19.8 Å². The molecule has 0 spiro atoms. The van der Waals surface area contributed by atoms with E-state index in [4.69, 9.17) is 16.3 Å². The molecule has 0 bridgehead atoms. The van der Waals surface area contributed by atoms with Crippen molar-refractivity contribution < 1.29 is 23.8 Å². The van der Waals surface area contributed by atoms with E-state index < -0.39 is 11.9 Å². The first kappa shape index (κ1) is 21.8. The third-order valence-electron chi connectivity index (χ3n) is 5.67. The molecule has 1 aromatic rings. The number of amides is 2. The van der Waals surface area contributed by atoms with E-state index >= 15 is 0 Å². The Labute approximate surface area is 175 Å². The summed E-state index contributed by atoms with van der Waals surface area (Å²) in [7, 11) is 0. The van der Waals surface area contributed by atoms with E-state index in [2.05, 4.69) is 4.90 Å². The molecule has 0 aromatic heterocycles. The molecule has 2 fully saturated rings. The number of aliphatic hydroxyl groups excluding tert-OH is 1. The van der Waals surface area contributed by atoms with Crippen molar-refractivity contribution in [3.8, 4) is 5.75 Å². The molecular formula is C20H27ClFN3O4. The van der Waals surface area contributed by atoms with Crippen LogP contribution >= 0.6 is 11.6 Å². The smallest absolute Gasteiger partial charge is 0.260 e. The Morgan fingerprint density at radius 3 is 2.48 bits per heavy atom. The largest absolute Gasteiger partial charge is 0.484 e. The number of hydrogen-bond donors (Lipinski definition) is 1. The van der Waals surface area contributed by atoms with Crippen molar-refractivity contribution in [2.75, 3.05) is 45.9 Å². The van der Waals surface area contributed by atoms with E-state index in [0.29, 0.717) is 44.8 Å². The Kier molecular flexibility index (Phi) is 7.32. The monoisotopic (exact) mass is 427 g/mol. The highest BCUT2D eigenvalue weighted by Crippen LogP contribution is 2.22. The second-order valence-electron chi connectivity index (χ2n) is 7.50. The van der Waals surface area contributed by atoms with Gasteiger partial charge in [-0.2, -0.15) is 0 Å². The predicted molar refractivity (Wildman–Crippen MR) is 106 cm³/mol. The van der Waals surface area contributed by atoms with Crippen molar-refractivity contribution in [1.82, 2.24) is 14.7 Å². The maximum atomic E-state index is 13.2. The van der Waals surface area contributed by atoms with Gasteiger partial charge >= 0.3 is 0 Å². The average Bonchev–Trinajstić information content (AvgIpc) is 2.90. The Hall–Kier alpha value is -1.90. The molecule has 2 amide bonds. The molecule has 2 saturated heterocycles. The highest BCUT2D eigenvalue weighted by molar-refractivity contribution is 6.30. The number of carbonyl (C=O) groups is 2. The van der Waals surface area contributed by atoms with Gasteiger partial charge in [0.2, 0.25) is 5.91 Å². The van der Waals surface area contributed by atoms with Gasteiger partial charge in [0, 0.05) is 58.3 Å². The number of piperazine rings is 1. The van der Waals surface area contributed by atoms with Crippen LogP contribution in [0.15, 0.2) is 18.2 Å². The van der Waals surface area contributed by atoms with Gasteiger partial charge in [-0.25, -0.2) is 4.39 Å². The SMILES string of the molecule is CC(=O)N1CCN([C@H]2CCN(C(=O)COc3ccc(F)c(Cl)c3)CC[C@@H]2O)CC1. The van der Waals surface area contributed by atoms with E-state index in [1.165, 1.54) is 18.2 Å². The minimum absolute atomic E-state index is 0.0290. The van der Waals surface area contributed by atoms with Crippen LogP contribution in [0.2, 0.25) is 5.02 Å². The Balaban J connectivity index is 1.51. The first-order valence-electron chi connectivity index (χ1n) is 9.88. The molecule has 0 saturated carbocycles.